The van der Waals surface area contributed by atoms with Gasteiger partial charge in [0, 0.05) is 12.8 Å². The van der Waals surface area contributed by atoms with E-state index in [9.17, 15) is 0 Å². The van der Waals surface area contributed by atoms with Crippen molar-refractivity contribution in [3.05, 3.63) is 96.1 Å². The Hall–Kier alpha value is -3.88. The lowest BCUT2D eigenvalue weighted by Crippen LogP contribution is -3.00. The maximum absolute atomic E-state index is 6.14. The van der Waals surface area contributed by atoms with E-state index in [-0.39, 0.29) is 24.8 Å². The lowest BCUT2D eigenvalue weighted by atomic mass is 10.1. The van der Waals surface area contributed by atoms with Crippen molar-refractivity contribution in [2.75, 3.05) is 11.5 Å². The molecule has 0 unspecified atom stereocenters. The van der Waals surface area contributed by atoms with Crippen molar-refractivity contribution >= 4 is 11.8 Å². The van der Waals surface area contributed by atoms with E-state index in [1.165, 1.54) is 11.1 Å². The first-order chi connectivity index (χ1) is 17.7. The molecule has 2 aromatic heterocycles. The van der Waals surface area contributed by atoms with Gasteiger partial charge in [-0.15, -0.1) is 0 Å². The molecule has 38 heavy (non-hydrogen) atoms. The smallest absolute Gasteiger partial charge is 0.304 e. The van der Waals surface area contributed by atoms with E-state index in [0.717, 1.165) is 48.2 Å². The summed E-state index contributed by atoms with van der Waals surface area (Å²) in [4.78, 5) is 0. The van der Waals surface area contributed by atoms with Crippen LogP contribution in [0, 0.1) is 0 Å². The molecule has 198 valence electrons. The van der Waals surface area contributed by atoms with Crippen LogP contribution in [0.3, 0.4) is 0 Å². The second-order valence-corrected chi connectivity index (χ2v) is 8.77. The van der Waals surface area contributed by atoms with Crippen LogP contribution in [0.5, 0.6) is 0 Å². The summed E-state index contributed by atoms with van der Waals surface area (Å²) < 4.78 is 14.3. The zero-order valence-corrected chi connectivity index (χ0v) is 22.4. The highest BCUT2D eigenvalue weighted by Gasteiger charge is 2.27. The molecular formula is C28H30Cl2N6O2. The van der Waals surface area contributed by atoms with Gasteiger partial charge in [-0.3, -0.25) is 9.05 Å². The lowest BCUT2D eigenvalue weighted by molar-refractivity contribution is -0.753. The van der Waals surface area contributed by atoms with Crippen LogP contribution < -0.4 is 45.6 Å². The van der Waals surface area contributed by atoms with Crippen LogP contribution in [0.1, 0.15) is 24.0 Å². The number of anilines is 2. The highest BCUT2D eigenvalue weighted by atomic mass is 35.5. The standard InChI is InChI=1S/C28H29N6O2.2ClH/c29-27-25(33(31-35-27)19-7-13-21-9-3-1-4-10-21)23-15-17-24(18-16-23)26-28(30)36-32-34(26)20-8-14-22-11-5-2-6-12-22;;/h1-6,9-12,15-18,29-31H,7-8,13-14,19-20H2;2*1H/q+1;;/p-1. The van der Waals surface area contributed by atoms with E-state index >= 15 is 0 Å². The molecule has 0 saturated heterocycles. The Kier molecular flexibility index (Phi) is 10.3. The Morgan fingerprint density at radius 3 is 1.29 bits per heavy atom. The third-order valence-corrected chi connectivity index (χ3v) is 6.25. The van der Waals surface area contributed by atoms with Gasteiger partial charge in [-0.25, -0.2) is 0 Å². The van der Waals surface area contributed by atoms with Crippen molar-refractivity contribution in [3.8, 4) is 22.5 Å². The van der Waals surface area contributed by atoms with E-state index < -0.39 is 0 Å². The van der Waals surface area contributed by atoms with Crippen LogP contribution >= 0.6 is 0 Å². The number of nitrogen functional groups attached to an aromatic ring is 2. The molecule has 0 aliphatic rings. The fourth-order valence-electron chi connectivity index (χ4n) is 4.44. The number of nitrogens with zero attached hydrogens (tertiary/aromatic N) is 4. The average molecular weight is 553 g/mol. The summed E-state index contributed by atoms with van der Waals surface area (Å²) in [7, 11) is 0. The molecule has 0 aliphatic carbocycles. The Labute approximate surface area is 234 Å². The highest BCUT2D eigenvalue weighted by molar-refractivity contribution is 5.71. The topological polar surface area (TPSA) is 112 Å². The lowest BCUT2D eigenvalue weighted by Gasteiger charge is -2.01. The van der Waals surface area contributed by atoms with Crippen LogP contribution in [0.15, 0.2) is 94.0 Å². The summed E-state index contributed by atoms with van der Waals surface area (Å²) in [6.45, 7) is 1.40. The molecule has 0 bridgehead atoms. The van der Waals surface area contributed by atoms with Gasteiger partial charge in [-0.1, -0.05) is 60.7 Å². The minimum atomic E-state index is 0. The van der Waals surface area contributed by atoms with Crippen LogP contribution in [0.25, 0.3) is 22.5 Å². The van der Waals surface area contributed by atoms with Crippen molar-refractivity contribution in [3.63, 3.8) is 0 Å². The normalized spacial score (nSPS) is 10.5. The molecule has 5 aromatic rings. The van der Waals surface area contributed by atoms with E-state index in [4.69, 9.17) is 20.5 Å². The van der Waals surface area contributed by atoms with Crippen molar-refractivity contribution in [1.82, 2.24) is 10.5 Å². The summed E-state index contributed by atoms with van der Waals surface area (Å²) in [6.07, 6.45) is 3.75. The van der Waals surface area contributed by atoms with Gasteiger partial charge in [0.15, 0.2) is 13.1 Å². The zero-order valence-electron chi connectivity index (χ0n) is 20.8. The first kappa shape index (κ1) is 28.7. The van der Waals surface area contributed by atoms with Crippen molar-refractivity contribution in [1.29, 1.82) is 0 Å². The molecule has 3 aromatic carbocycles. The number of aryl methyl sites for hydroxylation is 4. The summed E-state index contributed by atoms with van der Waals surface area (Å²) in [5.41, 5.74) is 18.2. The Bertz CT molecular complexity index is 1300. The average Bonchev–Trinajstić information content (AvgIpc) is 3.47. The van der Waals surface area contributed by atoms with Gasteiger partial charge >= 0.3 is 23.2 Å². The first-order valence-corrected chi connectivity index (χ1v) is 12.2. The quantitative estimate of drug-likeness (QED) is 0.194. The fraction of sp³-hybridized carbons (Fsp3) is 0.214. The van der Waals surface area contributed by atoms with Gasteiger partial charge in [0.25, 0.3) is 0 Å². The second kappa shape index (κ2) is 13.6. The van der Waals surface area contributed by atoms with Gasteiger partial charge in [0.1, 0.15) is 0 Å². The molecular weight excluding hydrogens is 523 g/mol. The van der Waals surface area contributed by atoms with Crippen LogP contribution in [0.2, 0.25) is 0 Å². The Balaban J connectivity index is 0.00000200. The van der Waals surface area contributed by atoms with Crippen molar-refractivity contribution < 1.29 is 43.2 Å². The SMILES string of the molecule is Nc1on[n+](CCCc2ccccc2)c1-c1ccc(-c2c(N)on[n+]2CCCc2ccccc2)cc1.[Cl-].[Cl-]. The highest BCUT2D eigenvalue weighted by Crippen LogP contribution is 2.27. The number of nitrogens with two attached hydrogens (primary N) is 2. The minimum absolute atomic E-state index is 0. The molecule has 0 fully saturated rings. The van der Waals surface area contributed by atoms with E-state index in [1.54, 1.807) is 0 Å². The molecule has 8 nitrogen and oxygen atoms in total. The van der Waals surface area contributed by atoms with Gasteiger partial charge in [-0.2, -0.15) is 0 Å². The number of halogens is 2. The monoisotopic (exact) mass is 552 g/mol. The molecule has 10 heteroatoms. The van der Waals surface area contributed by atoms with Crippen molar-refractivity contribution in [2.45, 2.75) is 38.8 Å². The molecule has 0 atom stereocenters. The molecule has 0 radical (unpaired) electrons. The number of benzene rings is 3. The molecule has 0 saturated carbocycles. The van der Waals surface area contributed by atoms with E-state index in [1.807, 2.05) is 45.8 Å². The third kappa shape index (κ3) is 6.70. The maximum Gasteiger partial charge on any atom is 0.304 e. The molecule has 0 aliphatic heterocycles. The number of hydrogen-bond donors (Lipinski definition) is 2. The van der Waals surface area contributed by atoms with Crippen LogP contribution in [-0.4, -0.2) is 10.5 Å². The van der Waals surface area contributed by atoms with Gasteiger partial charge in [0.2, 0.25) is 10.5 Å². The van der Waals surface area contributed by atoms with Crippen LogP contribution in [0.4, 0.5) is 11.8 Å². The third-order valence-electron chi connectivity index (χ3n) is 6.25. The van der Waals surface area contributed by atoms with Crippen molar-refractivity contribution in [2.24, 2.45) is 0 Å². The number of aromatic nitrogens is 4. The minimum Gasteiger partial charge on any atom is -1.00 e. The zero-order chi connectivity index (χ0) is 24.7. The van der Waals surface area contributed by atoms with Gasteiger partial charge in [0.05, 0.1) is 11.1 Å². The molecule has 5 rings (SSSR count). The summed E-state index contributed by atoms with van der Waals surface area (Å²) >= 11 is 0. The second-order valence-electron chi connectivity index (χ2n) is 8.77. The summed E-state index contributed by atoms with van der Waals surface area (Å²) in [5.74, 6) is 0.589. The Morgan fingerprint density at radius 1 is 0.553 bits per heavy atom. The first-order valence-electron chi connectivity index (χ1n) is 12.2. The number of hydrogen-bond acceptors (Lipinski definition) is 6. The largest absolute Gasteiger partial charge is 1.00 e. The van der Waals surface area contributed by atoms with E-state index in [2.05, 4.69) is 59.1 Å². The molecule has 2 heterocycles. The maximum atomic E-state index is 6.14. The van der Waals surface area contributed by atoms with E-state index in [0.29, 0.717) is 24.9 Å². The van der Waals surface area contributed by atoms with Gasteiger partial charge in [-0.05, 0) is 57.6 Å². The fourth-order valence-corrected chi connectivity index (χ4v) is 4.44. The Morgan fingerprint density at radius 2 is 0.921 bits per heavy atom. The van der Waals surface area contributed by atoms with Gasteiger partial charge < -0.3 is 36.3 Å². The number of rotatable bonds is 10. The predicted molar refractivity (Wildman–Crippen MR) is 136 cm³/mol. The summed E-state index contributed by atoms with van der Waals surface area (Å²) in [6, 6.07) is 28.8. The molecule has 4 N–H and O–H groups in total. The molecule has 0 amide bonds. The molecule has 0 spiro atoms. The predicted octanol–water partition coefficient (Wildman–Crippen LogP) is -1.99. The van der Waals surface area contributed by atoms with Crippen LogP contribution in [-0.2, 0) is 25.9 Å². The summed E-state index contributed by atoms with van der Waals surface area (Å²) in [5, 5.41) is 8.30.